The SMILES string of the molecule is CC(C[NH+](N)[O-])C12OC(=O)CC1CC(=O)O2. The second-order valence-electron chi connectivity index (χ2n) is 4.35. The van der Waals surface area contributed by atoms with Crippen LogP contribution in [0.15, 0.2) is 0 Å². The van der Waals surface area contributed by atoms with Crippen LogP contribution in [-0.2, 0) is 19.1 Å². The van der Waals surface area contributed by atoms with Gasteiger partial charge in [0.05, 0.1) is 24.7 Å². The van der Waals surface area contributed by atoms with Gasteiger partial charge in [-0.1, -0.05) is 0 Å². The van der Waals surface area contributed by atoms with Gasteiger partial charge < -0.3 is 14.7 Å². The number of carbonyl (C=O) groups excluding carboxylic acids is 2. The molecule has 7 nitrogen and oxygen atoms in total. The molecule has 2 atom stereocenters. The number of quaternary nitrogens is 1. The average molecular weight is 230 g/mol. The minimum absolute atomic E-state index is 0.0249. The van der Waals surface area contributed by atoms with Crippen molar-refractivity contribution in [3.8, 4) is 0 Å². The zero-order chi connectivity index (χ0) is 11.9. The van der Waals surface area contributed by atoms with Crippen molar-refractivity contribution in [2.24, 2.45) is 17.7 Å². The van der Waals surface area contributed by atoms with Crippen molar-refractivity contribution in [3.63, 3.8) is 0 Å². The van der Waals surface area contributed by atoms with Crippen LogP contribution >= 0.6 is 0 Å². The van der Waals surface area contributed by atoms with E-state index in [4.69, 9.17) is 15.3 Å². The maximum absolute atomic E-state index is 11.2. The molecular weight excluding hydrogens is 216 g/mol. The number of carbonyl (C=O) groups is 2. The summed E-state index contributed by atoms with van der Waals surface area (Å²) in [6.45, 7) is 1.71. The Hall–Kier alpha value is -1.18. The molecule has 0 saturated carbocycles. The summed E-state index contributed by atoms with van der Waals surface area (Å²) in [4.78, 5) is 22.5. The Morgan fingerprint density at radius 3 is 2.44 bits per heavy atom. The first kappa shape index (κ1) is 11.3. The lowest BCUT2D eigenvalue weighted by Crippen LogP contribution is -3.14. The summed E-state index contributed by atoms with van der Waals surface area (Å²) in [6.07, 6.45) is 0.323. The third kappa shape index (κ3) is 1.66. The number of esters is 2. The Balaban J connectivity index is 2.20. The molecular formula is C9H14N2O5. The minimum atomic E-state index is -1.26. The van der Waals surface area contributed by atoms with Crippen LogP contribution in [-0.4, -0.2) is 24.3 Å². The molecule has 7 heteroatoms. The number of fused-ring (bicyclic) bond motifs is 1. The van der Waals surface area contributed by atoms with Crippen LogP contribution in [0.4, 0.5) is 0 Å². The highest BCUT2D eigenvalue weighted by Gasteiger charge is 2.61. The highest BCUT2D eigenvalue weighted by atomic mass is 16.7. The summed E-state index contributed by atoms with van der Waals surface area (Å²) in [5.41, 5.74) is 0. The van der Waals surface area contributed by atoms with E-state index in [0.717, 1.165) is 0 Å². The summed E-state index contributed by atoms with van der Waals surface area (Å²) in [6, 6.07) is 0. The zero-order valence-corrected chi connectivity index (χ0v) is 8.89. The first-order chi connectivity index (χ1) is 7.44. The molecule has 2 heterocycles. The molecule has 16 heavy (non-hydrogen) atoms. The molecule has 2 saturated heterocycles. The molecule has 2 aliphatic heterocycles. The quantitative estimate of drug-likeness (QED) is 0.333. The van der Waals surface area contributed by atoms with Crippen molar-refractivity contribution in [2.75, 3.05) is 6.54 Å². The fraction of sp³-hybridized carbons (Fsp3) is 0.778. The summed E-state index contributed by atoms with van der Waals surface area (Å²) >= 11 is 0. The minimum Gasteiger partial charge on any atom is -0.613 e. The summed E-state index contributed by atoms with van der Waals surface area (Å²) in [5, 5.41) is 10.3. The third-order valence-electron chi connectivity index (χ3n) is 3.14. The molecule has 0 amide bonds. The van der Waals surface area contributed by atoms with Crippen LogP contribution < -0.4 is 11.0 Å². The summed E-state index contributed by atoms with van der Waals surface area (Å²) < 4.78 is 10.2. The lowest BCUT2D eigenvalue weighted by Gasteiger charge is -2.32. The van der Waals surface area contributed by atoms with Gasteiger partial charge in [0.1, 0.15) is 6.54 Å². The molecule has 2 unspecified atom stereocenters. The molecule has 2 fully saturated rings. The standard InChI is InChI=1S/C9H14N2O5/c1-5(4-11(10)14)9-6(2-7(12)15-9)3-8(13)16-9/h5-6,11H,2-4,10H2,1H3. The van der Waals surface area contributed by atoms with Crippen LogP contribution in [0.2, 0.25) is 0 Å². The van der Waals surface area contributed by atoms with Gasteiger partial charge in [0.25, 0.3) is 5.79 Å². The van der Waals surface area contributed by atoms with Crippen LogP contribution in [0.1, 0.15) is 19.8 Å². The Bertz CT molecular complexity index is 310. The first-order valence-corrected chi connectivity index (χ1v) is 5.16. The fourth-order valence-corrected chi connectivity index (χ4v) is 2.43. The van der Waals surface area contributed by atoms with E-state index in [0.29, 0.717) is 0 Å². The van der Waals surface area contributed by atoms with E-state index in [9.17, 15) is 14.8 Å². The molecule has 2 aliphatic rings. The molecule has 0 aromatic carbocycles. The monoisotopic (exact) mass is 230 g/mol. The van der Waals surface area contributed by atoms with Gasteiger partial charge in [-0.25, -0.2) is 0 Å². The summed E-state index contributed by atoms with van der Waals surface area (Å²) in [5.74, 6) is 2.34. The molecule has 0 aromatic rings. The Morgan fingerprint density at radius 2 is 2.00 bits per heavy atom. The van der Waals surface area contributed by atoms with Crippen molar-refractivity contribution in [2.45, 2.75) is 25.6 Å². The number of hydroxylamine groups is 1. The number of nitrogens with one attached hydrogen (secondary N) is 1. The lowest BCUT2D eigenvalue weighted by molar-refractivity contribution is -0.866. The van der Waals surface area contributed by atoms with Gasteiger partial charge in [-0.05, 0) is 6.92 Å². The van der Waals surface area contributed by atoms with Crippen LogP contribution in [0.3, 0.4) is 0 Å². The van der Waals surface area contributed by atoms with Gasteiger partial charge in [-0.3, -0.25) is 14.8 Å². The van der Waals surface area contributed by atoms with Gasteiger partial charge in [-0.15, -0.1) is 0 Å². The molecule has 0 aromatic heterocycles. The molecule has 0 bridgehead atoms. The van der Waals surface area contributed by atoms with E-state index in [2.05, 4.69) is 0 Å². The van der Waals surface area contributed by atoms with E-state index in [1.165, 1.54) is 0 Å². The Morgan fingerprint density at radius 1 is 1.50 bits per heavy atom. The maximum Gasteiger partial charge on any atom is 0.309 e. The van der Waals surface area contributed by atoms with Crippen LogP contribution in [0.5, 0.6) is 0 Å². The van der Waals surface area contributed by atoms with Gasteiger partial charge in [-0.2, -0.15) is 5.84 Å². The molecule has 0 radical (unpaired) electrons. The lowest BCUT2D eigenvalue weighted by atomic mass is 9.88. The van der Waals surface area contributed by atoms with Crippen molar-refractivity contribution in [3.05, 3.63) is 5.21 Å². The van der Waals surface area contributed by atoms with E-state index in [1.807, 2.05) is 0 Å². The van der Waals surface area contributed by atoms with Crippen molar-refractivity contribution in [1.82, 2.24) is 0 Å². The first-order valence-electron chi connectivity index (χ1n) is 5.16. The van der Waals surface area contributed by atoms with E-state index >= 15 is 0 Å². The number of nitrogens with two attached hydrogens (primary N) is 1. The normalized spacial score (nSPS) is 36.6. The predicted octanol–water partition coefficient (Wildman–Crippen LogP) is -1.91. The van der Waals surface area contributed by atoms with Crippen molar-refractivity contribution >= 4 is 11.9 Å². The number of ether oxygens (including phenoxy) is 2. The zero-order valence-electron chi connectivity index (χ0n) is 8.89. The predicted molar refractivity (Wildman–Crippen MR) is 50.2 cm³/mol. The van der Waals surface area contributed by atoms with Gasteiger partial charge in [0.15, 0.2) is 0 Å². The summed E-state index contributed by atoms with van der Waals surface area (Å²) in [7, 11) is 0. The molecule has 3 N–H and O–H groups in total. The highest BCUT2D eigenvalue weighted by molar-refractivity contribution is 5.79. The molecule has 90 valence electrons. The van der Waals surface area contributed by atoms with Crippen LogP contribution in [0, 0.1) is 17.0 Å². The number of rotatable bonds is 3. The number of hydrogen-bond donors (Lipinski definition) is 2. The van der Waals surface area contributed by atoms with E-state index in [-0.39, 0.29) is 25.3 Å². The number of hydrogen-bond acceptors (Lipinski definition) is 6. The molecule has 0 spiro atoms. The smallest absolute Gasteiger partial charge is 0.309 e. The maximum atomic E-state index is 11.2. The fourth-order valence-electron chi connectivity index (χ4n) is 2.43. The van der Waals surface area contributed by atoms with Crippen molar-refractivity contribution in [1.29, 1.82) is 0 Å². The average Bonchev–Trinajstić information content (AvgIpc) is 2.55. The largest absolute Gasteiger partial charge is 0.613 e. The van der Waals surface area contributed by atoms with Gasteiger partial charge in [0.2, 0.25) is 0 Å². The van der Waals surface area contributed by atoms with Crippen LogP contribution in [0.25, 0.3) is 0 Å². The highest BCUT2D eigenvalue weighted by Crippen LogP contribution is 2.46. The Labute approximate surface area is 92.0 Å². The van der Waals surface area contributed by atoms with E-state index in [1.54, 1.807) is 6.92 Å². The topological polar surface area (TPSA) is 106 Å². The molecule has 0 aliphatic carbocycles. The second-order valence-corrected chi connectivity index (χ2v) is 4.35. The Kier molecular flexibility index (Phi) is 2.61. The second kappa shape index (κ2) is 3.69. The van der Waals surface area contributed by atoms with E-state index < -0.39 is 28.8 Å². The van der Waals surface area contributed by atoms with Gasteiger partial charge in [0, 0.05) is 0 Å². The van der Waals surface area contributed by atoms with Gasteiger partial charge >= 0.3 is 11.9 Å². The molecule has 2 rings (SSSR count). The van der Waals surface area contributed by atoms with Crippen molar-refractivity contribution < 1.29 is 24.2 Å². The third-order valence-corrected chi connectivity index (χ3v) is 3.14.